The maximum absolute atomic E-state index is 12.9. The number of fused-ring (bicyclic) bond motifs is 1. The Morgan fingerprint density at radius 2 is 1.77 bits per heavy atom. The number of carbonyl (C=O) groups is 1. The van der Waals surface area contributed by atoms with Crippen molar-refractivity contribution in [3.63, 3.8) is 0 Å². The van der Waals surface area contributed by atoms with Crippen LogP contribution in [-0.4, -0.2) is 62.5 Å². The number of halogens is 3. The number of benzene rings is 1. The number of carbonyl (C=O) groups excluding carboxylic acids is 1. The van der Waals surface area contributed by atoms with E-state index in [1.165, 1.54) is 35.0 Å². The molecule has 5 rings (SSSR count). The summed E-state index contributed by atoms with van der Waals surface area (Å²) in [6.07, 6.45) is 2.71. The number of amides is 1. The molecule has 1 fully saturated rings. The van der Waals surface area contributed by atoms with Crippen molar-refractivity contribution in [3.8, 4) is 0 Å². The third-order valence-electron chi connectivity index (χ3n) is 6.33. The molecule has 1 aromatic carbocycles. The summed E-state index contributed by atoms with van der Waals surface area (Å²) in [5.74, 6) is -0.125. The SMILES string of the molecule is C[C@@H](NC(=O)c1cc2c(cn1)ncn2C1CN(S(C)(=O)=O)C1)c1cnc(Nc2ccc(C(F)(F)F)cc2)cn1. The zero-order valence-electron chi connectivity index (χ0n) is 20.7. The van der Waals surface area contributed by atoms with Crippen LogP contribution in [-0.2, 0) is 16.2 Å². The number of nitrogens with zero attached hydrogens (tertiary/aromatic N) is 6. The summed E-state index contributed by atoms with van der Waals surface area (Å²) in [6.45, 7) is 2.38. The molecule has 1 aliphatic rings. The van der Waals surface area contributed by atoms with Crippen molar-refractivity contribution >= 4 is 38.5 Å². The summed E-state index contributed by atoms with van der Waals surface area (Å²) in [7, 11) is -3.26. The lowest BCUT2D eigenvalue weighted by atomic mass is 10.1. The first-order valence-corrected chi connectivity index (χ1v) is 13.6. The summed E-state index contributed by atoms with van der Waals surface area (Å²) in [4.78, 5) is 29.9. The Bertz CT molecular complexity index is 1620. The molecule has 204 valence electrons. The van der Waals surface area contributed by atoms with Crippen LogP contribution in [0.1, 0.15) is 40.8 Å². The first-order chi connectivity index (χ1) is 18.4. The third kappa shape index (κ3) is 5.68. The minimum Gasteiger partial charge on any atom is -0.343 e. The van der Waals surface area contributed by atoms with Crippen LogP contribution in [0.5, 0.6) is 0 Å². The predicted molar refractivity (Wildman–Crippen MR) is 136 cm³/mol. The van der Waals surface area contributed by atoms with Crippen LogP contribution in [0.25, 0.3) is 11.0 Å². The zero-order chi connectivity index (χ0) is 27.9. The van der Waals surface area contributed by atoms with E-state index in [-0.39, 0.29) is 11.7 Å². The standard InChI is InChI=1S/C24H23F3N8O3S/c1-14(19-8-30-22(10-29-19)33-16-5-3-15(4-6-16)24(25,26)27)32-23(36)18-7-21-20(9-28-18)31-13-35(21)17-11-34(12-17)39(2,37)38/h3-10,13-14,17H,11-12H2,1-2H3,(H,30,33)(H,32,36)/t14-/m1/s1. The number of anilines is 2. The molecule has 15 heteroatoms. The van der Waals surface area contributed by atoms with Gasteiger partial charge in [-0.15, -0.1) is 0 Å². The van der Waals surface area contributed by atoms with Gasteiger partial charge in [0.15, 0.2) is 0 Å². The molecule has 1 saturated heterocycles. The van der Waals surface area contributed by atoms with Crippen molar-refractivity contribution in [3.05, 3.63) is 72.2 Å². The molecule has 39 heavy (non-hydrogen) atoms. The molecule has 11 nitrogen and oxygen atoms in total. The second kappa shape index (κ2) is 9.89. The second-order valence-corrected chi connectivity index (χ2v) is 11.1. The lowest BCUT2D eigenvalue weighted by Crippen LogP contribution is -2.50. The van der Waals surface area contributed by atoms with Crippen LogP contribution in [0.2, 0.25) is 0 Å². The van der Waals surface area contributed by atoms with E-state index < -0.39 is 33.7 Å². The molecule has 2 N–H and O–H groups in total. The quantitative estimate of drug-likeness (QED) is 0.352. The zero-order valence-corrected chi connectivity index (χ0v) is 21.5. The molecule has 0 saturated carbocycles. The summed E-state index contributed by atoms with van der Waals surface area (Å²) in [5.41, 5.74) is 1.53. The third-order valence-corrected chi connectivity index (χ3v) is 7.57. The second-order valence-electron chi connectivity index (χ2n) is 9.17. The molecular formula is C24H23F3N8O3S. The highest BCUT2D eigenvalue weighted by Gasteiger charge is 2.35. The van der Waals surface area contributed by atoms with Gasteiger partial charge >= 0.3 is 6.18 Å². The highest BCUT2D eigenvalue weighted by Crippen LogP contribution is 2.30. The topological polar surface area (TPSA) is 135 Å². The number of sulfonamides is 1. The van der Waals surface area contributed by atoms with E-state index in [2.05, 4.69) is 30.6 Å². The Morgan fingerprint density at radius 1 is 1.05 bits per heavy atom. The normalized spacial score (nSPS) is 15.6. The van der Waals surface area contributed by atoms with Gasteiger partial charge in [0.05, 0.1) is 60.0 Å². The van der Waals surface area contributed by atoms with Gasteiger partial charge in [0.1, 0.15) is 17.0 Å². The van der Waals surface area contributed by atoms with Crippen molar-refractivity contribution in [2.45, 2.75) is 25.2 Å². The van der Waals surface area contributed by atoms with Crippen LogP contribution in [0.3, 0.4) is 0 Å². The van der Waals surface area contributed by atoms with Gasteiger partial charge in [-0.3, -0.25) is 9.78 Å². The van der Waals surface area contributed by atoms with Crippen LogP contribution >= 0.6 is 0 Å². The smallest absolute Gasteiger partial charge is 0.343 e. The highest BCUT2D eigenvalue weighted by molar-refractivity contribution is 7.88. The molecule has 3 aromatic heterocycles. The lowest BCUT2D eigenvalue weighted by molar-refractivity contribution is -0.137. The Kier molecular flexibility index (Phi) is 6.72. The first kappa shape index (κ1) is 26.5. The fourth-order valence-corrected chi connectivity index (χ4v) is 4.96. The molecule has 0 aliphatic carbocycles. The number of rotatable bonds is 7. The van der Waals surface area contributed by atoms with E-state index in [9.17, 15) is 26.4 Å². The molecule has 1 aliphatic heterocycles. The fraction of sp³-hybridized carbons (Fsp3) is 0.292. The van der Waals surface area contributed by atoms with E-state index in [1.54, 1.807) is 19.3 Å². The summed E-state index contributed by atoms with van der Waals surface area (Å²) >= 11 is 0. The fourth-order valence-electron chi connectivity index (χ4n) is 4.07. The van der Waals surface area contributed by atoms with Crippen molar-refractivity contribution in [1.29, 1.82) is 0 Å². The van der Waals surface area contributed by atoms with Crippen LogP contribution in [0, 0.1) is 0 Å². The number of aromatic nitrogens is 5. The van der Waals surface area contributed by atoms with Gasteiger partial charge in [-0.05, 0) is 37.3 Å². The number of imidazole rings is 1. The average molecular weight is 561 g/mol. The van der Waals surface area contributed by atoms with Gasteiger partial charge in [-0.25, -0.2) is 23.4 Å². The van der Waals surface area contributed by atoms with E-state index in [1.807, 2.05) is 4.57 Å². The molecule has 4 aromatic rings. The van der Waals surface area contributed by atoms with E-state index >= 15 is 0 Å². The van der Waals surface area contributed by atoms with Gasteiger partial charge in [-0.1, -0.05) is 0 Å². The first-order valence-electron chi connectivity index (χ1n) is 11.7. The lowest BCUT2D eigenvalue weighted by Gasteiger charge is -2.38. The molecule has 1 atom stereocenters. The van der Waals surface area contributed by atoms with Gasteiger partial charge in [0.25, 0.3) is 5.91 Å². The van der Waals surface area contributed by atoms with Gasteiger partial charge in [0.2, 0.25) is 10.0 Å². The van der Waals surface area contributed by atoms with Crippen molar-refractivity contribution in [2.75, 3.05) is 24.7 Å². The Morgan fingerprint density at radius 3 is 2.38 bits per heavy atom. The van der Waals surface area contributed by atoms with E-state index in [0.29, 0.717) is 41.3 Å². The maximum atomic E-state index is 12.9. The molecule has 0 spiro atoms. The molecule has 1 amide bonds. The maximum Gasteiger partial charge on any atom is 0.416 e. The van der Waals surface area contributed by atoms with E-state index in [0.717, 1.165) is 18.4 Å². The number of hydrogen-bond acceptors (Lipinski definition) is 8. The number of nitrogens with one attached hydrogen (secondary N) is 2. The molecule has 0 unspecified atom stereocenters. The molecule has 4 heterocycles. The highest BCUT2D eigenvalue weighted by atomic mass is 32.2. The summed E-state index contributed by atoms with van der Waals surface area (Å²) < 4.78 is 64.8. The largest absolute Gasteiger partial charge is 0.416 e. The minimum atomic E-state index is -4.42. The van der Waals surface area contributed by atoms with Gasteiger partial charge < -0.3 is 15.2 Å². The van der Waals surface area contributed by atoms with Crippen LogP contribution in [0.4, 0.5) is 24.7 Å². The van der Waals surface area contributed by atoms with Crippen molar-refractivity contribution in [2.24, 2.45) is 0 Å². The Hall–Kier alpha value is -4.11. The average Bonchev–Trinajstić information content (AvgIpc) is 3.25. The van der Waals surface area contributed by atoms with Crippen LogP contribution < -0.4 is 10.6 Å². The number of hydrogen-bond donors (Lipinski definition) is 2. The summed E-state index contributed by atoms with van der Waals surface area (Å²) in [6, 6.07) is 5.52. The Labute approximate surface area is 221 Å². The monoisotopic (exact) mass is 560 g/mol. The van der Waals surface area contributed by atoms with Gasteiger partial charge in [0, 0.05) is 18.8 Å². The molecule has 0 bridgehead atoms. The molecule has 0 radical (unpaired) electrons. The van der Waals surface area contributed by atoms with E-state index in [4.69, 9.17) is 0 Å². The minimum absolute atomic E-state index is 0.0908. The molecular weight excluding hydrogens is 537 g/mol. The van der Waals surface area contributed by atoms with Crippen molar-refractivity contribution in [1.82, 2.24) is 34.1 Å². The number of pyridine rings is 1. The van der Waals surface area contributed by atoms with Gasteiger partial charge in [-0.2, -0.15) is 17.5 Å². The number of alkyl halides is 3. The van der Waals surface area contributed by atoms with Crippen molar-refractivity contribution < 1.29 is 26.4 Å². The summed E-state index contributed by atoms with van der Waals surface area (Å²) in [5, 5.41) is 5.70. The predicted octanol–water partition coefficient (Wildman–Crippen LogP) is 3.29. The Balaban J connectivity index is 1.23. The van der Waals surface area contributed by atoms with Crippen LogP contribution in [0.15, 0.2) is 55.2 Å².